The molecule has 0 saturated heterocycles. The zero-order valence-corrected chi connectivity index (χ0v) is 11.2. The summed E-state index contributed by atoms with van der Waals surface area (Å²) in [5, 5.41) is 0. The molecule has 0 saturated carbocycles. The molecule has 0 aromatic carbocycles. The van der Waals surface area contributed by atoms with Crippen molar-refractivity contribution in [2.24, 2.45) is 0 Å². The minimum atomic E-state index is 0.957. The summed E-state index contributed by atoms with van der Waals surface area (Å²) >= 11 is 4.20. The van der Waals surface area contributed by atoms with Gasteiger partial charge < -0.3 is 4.74 Å². The van der Waals surface area contributed by atoms with E-state index in [0.29, 0.717) is 0 Å². The van der Waals surface area contributed by atoms with E-state index >= 15 is 0 Å². The normalized spacial score (nSPS) is 10.8. The van der Waals surface area contributed by atoms with E-state index in [-0.39, 0.29) is 0 Å². The van der Waals surface area contributed by atoms with Gasteiger partial charge in [-0.1, -0.05) is 45.4 Å². The zero-order chi connectivity index (χ0) is 11.2. The van der Waals surface area contributed by atoms with Crippen molar-refractivity contribution in [1.82, 2.24) is 0 Å². The zero-order valence-electron chi connectivity index (χ0n) is 10.3. The van der Waals surface area contributed by atoms with Crippen LogP contribution in [0.2, 0.25) is 0 Å². The van der Waals surface area contributed by atoms with Crippen LogP contribution < -0.4 is 0 Å². The van der Waals surface area contributed by atoms with Gasteiger partial charge >= 0.3 is 0 Å². The maximum absolute atomic E-state index is 5.51. The summed E-state index contributed by atoms with van der Waals surface area (Å²) in [6.07, 6.45) is 11.8. The number of hydrogen-bond acceptors (Lipinski definition) is 2. The van der Waals surface area contributed by atoms with Crippen molar-refractivity contribution < 1.29 is 4.74 Å². The Labute approximate surface area is 101 Å². The molecule has 1 nitrogen and oxygen atoms in total. The Morgan fingerprint density at radius 3 is 1.87 bits per heavy atom. The first kappa shape index (κ1) is 15.3. The van der Waals surface area contributed by atoms with Gasteiger partial charge in [-0.05, 0) is 25.0 Å². The molecule has 0 fully saturated rings. The SMILES string of the molecule is CCCCOCCCCCCCCCS. The molecule has 92 valence electrons. The Balaban J connectivity index is 2.81. The summed E-state index contributed by atoms with van der Waals surface area (Å²) in [4.78, 5) is 0. The molecule has 0 rings (SSSR count). The maximum Gasteiger partial charge on any atom is 0.0466 e. The second-order valence-electron chi connectivity index (χ2n) is 4.16. The number of ether oxygens (including phenoxy) is 1. The minimum Gasteiger partial charge on any atom is -0.381 e. The molecule has 0 radical (unpaired) electrons. The molecule has 15 heavy (non-hydrogen) atoms. The quantitative estimate of drug-likeness (QED) is 0.386. The summed E-state index contributed by atoms with van der Waals surface area (Å²) in [5.74, 6) is 1.05. The molecule has 2 heteroatoms. The van der Waals surface area contributed by atoms with Gasteiger partial charge in [0.05, 0.1) is 0 Å². The van der Waals surface area contributed by atoms with Gasteiger partial charge in [0, 0.05) is 13.2 Å². The van der Waals surface area contributed by atoms with E-state index in [9.17, 15) is 0 Å². The third kappa shape index (κ3) is 14.3. The van der Waals surface area contributed by atoms with E-state index in [1.54, 1.807) is 0 Å². The lowest BCUT2D eigenvalue weighted by Gasteiger charge is -2.03. The minimum absolute atomic E-state index is 0.957. The lowest BCUT2D eigenvalue weighted by Crippen LogP contribution is -1.96. The van der Waals surface area contributed by atoms with E-state index in [0.717, 1.165) is 19.0 Å². The van der Waals surface area contributed by atoms with Crippen LogP contribution in [-0.4, -0.2) is 19.0 Å². The molecule has 0 aromatic rings. The lowest BCUT2D eigenvalue weighted by atomic mass is 10.1. The van der Waals surface area contributed by atoms with Gasteiger partial charge in [0.15, 0.2) is 0 Å². The van der Waals surface area contributed by atoms with Crippen LogP contribution in [0.4, 0.5) is 0 Å². The van der Waals surface area contributed by atoms with E-state index in [4.69, 9.17) is 4.74 Å². The van der Waals surface area contributed by atoms with Crippen LogP contribution in [0.3, 0.4) is 0 Å². The van der Waals surface area contributed by atoms with Crippen LogP contribution in [0.1, 0.15) is 64.7 Å². The van der Waals surface area contributed by atoms with E-state index in [2.05, 4.69) is 19.6 Å². The van der Waals surface area contributed by atoms with Crippen LogP contribution >= 0.6 is 12.6 Å². The number of unbranched alkanes of at least 4 members (excludes halogenated alkanes) is 7. The summed E-state index contributed by atoms with van der Waals surface area (Å²) in [6.45, 7) is 4.13. The Kier molecular flexibility index (Phi) is 14.6. The monoisotopic (exact) mass is 232 g/mol. The molecule has 0 atom stereocenters. The summed E-state index contributed by atoms with van der Waals surface area (Å²) in [6, 6.07) is 0. The summed E-state index contributed by atoms with van der Waals surface area (Å²) in [5.41, 5.74) is 0. The number of rotatable bonds is 12. The molecule has 0 unspecified atom stereocenters. The average Bonchev–Trinajstić information content (AvgIpc) is 2.26. The Bertz CT molecular complexity index is 94.7. The van der Waals surface area contributed by atoms with Crippen molar-refractivity contribution in [1.29, 1.82) is 0 Å². The highest BCUT2D eigenvalue weighted by atomic mass is 32.1. The standard InChI is InChI=1S/C13H28OS/c1-2-3-11-14-12-9-7-5-4-6-8-10-13-15/h15H,2-13H2,1H3. The van der Waals surface area contributed by atoms with Gasteiger partial charge in [-0.3, -0.25) is 0 Å². The van der Waals surface area contributed by atoms with Crippen molar-refractivity contribution >= 4 is 12.6 Å². The first-order valence-corrected chi connectivity index (χ1v) is 7.23. The molecule has 0 aliphatic carbocycles. The van der Waals surface area contributed by atoms with E-state index < -0.39 is 0 Å². The largest absolute Gasteiger partial charge is 0.381 e. The molecular formula is C13H28OS. The van der Waals surface area contributed by atoms with Gasteiger partial charge in [0.25, 0.3) is 0 Å². The average molecular weight is 232 g/mol. The fourth-order valence-electron chi connectivity index (χ4n) is 1.55. The first-order valence-electron chi connectivity index (χ1n) is 6.60. The highest BCUT2D eigenvalue weighted by molar-refractivity contribution is 7.80. The van der Waals surface area contributed by atoms with E-state index in [1.165, 1.54) is 57.8 Å². The Morgan fingerprint density at radius 2 is 1.27 bits per heavy atom. The maximum atomic E-state index is 5.51. The smallest absolute Gasteiger partial charge is 0.0466 e. The number of thiol groups is 1. The molecule has 0 spiro atoms. The Hall–Kier alpha value is 0.310. The first-order chi connectivity index (χ1) is 7.41. The summed E-state index contributed by atoms with van der Waals surface area (Å²) < 4.78 is 5.51. The number of hydrogen-bond donors (Lipinski definition) is 1. The second-order valence-corrected chi connectivity index (χ2v) is 4.61. The second kappa shape index (κ2) is 14.3. The van der Waals surface area contributed by atoms with Crippen molar-refractivity contribution in [3.05, 3.63) is 0 Å². The van der Waals surface area contributed by atoms with Gasteiger partial charge in [0.1, 0.15) is 0 Å². The van der Waals surface area contributed by atoms with Crippen molar-refractivity contribution in [2.75, 3.05) is 19.0 Å². The van der Waals surface area contributed by atoms with E-state index in [1.807, 2.05) is 0 Å². The predicted molar refractivity (Wildman–Crippen MR) is 71.9 cm³/mol. The Morgan fingerprint density at radius 1 is 0.733 bits per heavy atom. The van der Waals surface area contributed by atoms with Crippen molar-refractivity contribution in [3.63, 3.8) is 0 Å². The van der Waals surface area contributed by atoms with Crippen LogP contribution in [0.15, 0.2) is 0 Å². The van der Waals surface area contributed by atoms with Gasteiger partial charge in [-0.25, -0.2) is 0 Å². The third-order valence-corrected chi connectivity index (χ3v) is 2.91. The molecule has 0 amide bonds. The molecule has 0 aromatic heterocycles. The molecule has 0 aliphatic heterocycles. The van der Waals surface area contributed by atoms with Crippen molar-refractivity contribution in [2.45, 2.75) is 64.7 Å². The fraction of sp³-hybridized carbons (Fsp3) is 1.00. The molecule has 0 bridgehead atoms. The van der Waals surface area contributed by atoms with Crippen molar-refractivity contribution in [3.8, 4) is 0 Å². The lowest BCUT2D eigenvalue weighted by molar-refractivity contribution is 0.127. The molecular weight excluding hydrogens is 204 g/mol. The van der Waals surface area contributed by atoms with Crippen LogP contribution in [0.25, 0.3) is 0 Å². The van der Waals surface area contributed by atoms with Crippen LogP contribution in [-0.2, 0) is 4.74 Å². The molecule has 0 heterocycles. The summed E-state index contributed by atoms with van der Waals surface area (Å²) in [7, 11) is 0. The van der Waals surface area contributed by atoms with Crippen LogP contribution in [0.5, 0.6) is 0 Å². The molecule has 0 N–H and O–H groups in total. The third-order valence-electron chi connectivity index (χ3n) is 2.59. The highest BCUT2D eigenvalue weighted by Crippen LogP contribution is 2.07. The van der Waals surface area contributed by atoms with Gasteiger partial charge in [-0.15, -0.1) is 0 Å². The molecule has 0 aliphatic rings. The van der Waals surface area contributed by atoms with Gasteiger partial charge in [0.2, 0.25) is 0 Å². The topological polar surface area (TPSA) is 9.23 Å². The fourth-order valence-corrected chi connectivity index (χ4v) is 1.77. The highest BCUT2D eigenvalue weighted by Gasteiger charge is 1.92. The van der Waals surface area contributed by atoms with Crippen LogP contribution in [0, 0.1) is 0 Å². The predicted octanol–water partition coefficient (Wildman–Crippen LogP) is 4.46. The van der Waals surface area contributed by atoms with Gasteiger partial charge in [-0.2, -0.15) is 12.6 Å².